The van der Waals surface area contributed by atoms with Gasteiger partial charge in [0.05, 0.1) is 0 Å². The van der Waals surface area contributed by atoms with Crippen LogP contribution in [0.5, 0.6) is 0 Å². The van der Waals surface area contributed by atoms with Crippen LogP contribution in [0.25, 0.3) is 0 Å². The monoisotopic (exact) mass is 479 g/mol. The van der Waals surface area contributed by atoms with Crippen molar-refractivity contribution in [2.45, 2.75) is 36.6 Å². The Labute approximate surface area is 190 Å². The van der Waals surface area contributed by atoms with E-state index in [0.717, 1.165) is 48.5 Å². The van der Waals surface area contributed by atoms with Gasteiger partial charge in [-0.25, -0.2) is 8.42 Å². The van der Waals surface area contributed by atoms with Gasteiger partial charge in [-0.05, 0) is 48.6 Å². The topological polar surface area (TPSA) is 95.6 Å². The van der Waals surface area contributed by atoms with Crippen molar-refractivity contribution in [2.24, 2.45) is 0 Å². The first-order valence-electron chi connectivity index (χ1n) is 10.3. The number of benzene rings is 1. The molecule has 0 spiro atoms. The van der Waals surface area contributed by atoms with Crippen LogP contribution in [-0.4, -0.2) is 55.2 Å². The van der Waals surface area contributed by atoms with Gasteiger partial charge in [0.2, 0.25) is 10.0 Å². The normalized spacial score (nSPS) is 18.1. The summed E-state index contributed by atoms with van der Waals surface area (Å²) in [6, 6.07) is 8.38. The SMILES string of the molecule is O=C(NC1CCCC1)c1ccc(NC(=O)c2sccc2S(=O)(=O)N2CCSCC2)cc1. The summed E-state index contributed by atoms with van der Waals surface area (Å²) in [5, 5.41) is 7.41. The van der Waals surface area contributed by atoms with Gasteiger partial charge in [0.1, 0.15) is 9.77 Å². The molecule has 2 aliphatic rings. The minimum Gasteiger partial charge on any atom is -0.349 e. The van der Waals surface area contributed by atoms with Crippen molar-refractivity contribution >= 4 is 50.6 Å². The average molecular weight is 480 g/mol. The van der Waals surface area contributed by atoms with Gasteiger partial charge < -0.3 is 10.6 Å². The summed E-state index contributed by atoms with van der Waals surface area (Å²) in [6.07, 6.45) is 4.32. The van der Waals surface area contributed by atoms with Crippen molar-refractivity contribution in [1.29, 1.82) is 0 Å². The molecule has 2 fully saturated rings. The number of hydrogen-bond donors (Lipinski definition) is 2. The maximum atomic E-state index is 13.0. The quantitative estimate of drug-likeness (QED) is 0.662. The van der Waals surface area contributed by atoms with Gasteiger partial charge in [-0.3, -0.25) is 9.59 Å². The van der Waals surface area contributed by atoms with E-state index in [-0.39, 0.29) is 21.7 Å². The number of nitrogens with one attached hydrogen (secondary N) is 2. The van der Waals surface area contributed by atoms with Gasteiger partial charge in [-0.1, -0.05) is 12.8 Å². The molecule has 2 heterocycles. The molecular weight excluding hydrogens is 454 g/mol. The molecule has 2 N–H and O–H groups in total. The molecular formula is C21H25N3O4S3. The maximum absolute atomic E-state index is 13.0. The molecule has 1 aliphatic carbocycles. The molecule has 31 heavy (non-hydrogen) atoms. The highest BCUT2D eigenvalue weighted by atomic mass is 32.2. The Bertz CT molecular complexity index is 1040. The number of sulfonamides is 1. The van der Waals surface area contributed by atoms with Gasteiger partial charge in [-0.15, -0.1) is 11.3 Å². The third kappa shape index (κ3) is 5.14. The molecule has 1 aliphatic heterocycles. The molecule has 1 aromatic carbocycles. The number of thioether (sulfide) groups is 1. The van der Waals surface area contributed by atoms with E-state index in [1.165, 1.54) is 10.4 Å². The fourth-order valence-corrected chi connectivity index (χ4v) is 7.70. The smallest absolute Gasteiger partial charge is 0.267 e. The molecule has 0 unspecified atom stereocenters. The molecule has 2 amide bonds. The van der Waals surface area contributed by atoms with Crippen molar-refractivity contribution in [2.75, 3.05) is 29.9 Å². The summed E-state index contributed by atoms with van der Waals surface area (Å²) in [6.45, 7) is 0.905. The van der Waals surface area contributed by atoms with Gasteiger partial charge in [0.25, 0.3) is 11.8 Å². The van der Waals surface area contributed by atoms with Crippen LogP contribution >= 0.6 is 23.1 Å². The number of nitrogens with zero attached hydrogens (tertiary/aromatic N) is 1. The van der Waals surface area contributed by atoms with Crippen LogP contribution in [0, 0.1) is 0 Å². The van der Waals surface area contributed by atoms with Crippen LogP contribution in [0.3, 0.4) is 0 Å². The molecule has 1 saturated carbocycles. The Morgan fingerprint density at radius 2 is 1.65 bits per heavy atom. The van der Waals surface area contributed by atoms with E-state index in [4.69, 9.17) is 0 Å². The van der Waals surface area contributed by atoms with Gasteiger partial charge in [-0.2, -0.15) is 16.1 Å². The molecule has 0 radical (unpaired) electrons. The predicted molar refractivity (Wildman–Crippen MR) is 125 cm³/mol. The van der Waals surface area contributed by atoms with Crippen LogP contribution in [0.15, 0.2) is 40.6 Å². The Hall–Kier alpha value is -1.88. The zero-order valence-corrected chi connectivity index (χ0v) is 19.5. The van der Waals surface area contributed by atoms with Crippen molar-refractivity contribution in [1.82, 2.24) is 9.62 Å². The second-order valence-corrected chi connectivity index (χ2v) is 11.7. The van der Waals surface area contributed by atoms with Crippen LogP contribution in [0.1, 0.15) is 45.7 Å². The lowest BCUT2D eigenvalue weighted by Gasteiger charge is -2.25. The number of anilines is 1. The van der Waals surface area contributed by atoms with Crippen molar-refractivity contribution in [3.63, 3.8) is 0 Å². The fraction of sp³-hybridized carbons (Fsp3) is 0.429. The summed E-state index contributed by atoms with van der Waals surface area (Å²) >= 11 is 2.83. The van der Waals surface area contributed by atoms with Crippen molar-refractivity contribution in [3.8, 4) is 0 Å². The number of hydrogen-bond acceptors (Lipinski definition) is 6. The number of amides is 2. The van der Waals surface area contributed by atoms with Crippen LogP contribution < -0.4 is 10.6 Å². The van der Waals surface area contributed by atoms with E-state index in [9.17, 15) is 18.0 Å². The zero-order chi connectivity index (χ0) is 21.8. The number of carbonyl (C=O) groups excluding carboxylic acids is 2. The van der Waals surface area contributed by atoms with E-state index in [2.05, 4.69) is 10.6 Å². The first-order chi connectivity index (χ1) is 14.9. The van der Waals surface area contributed by atoms with E-state index in [1.54, 1.807) is 41.4 Å². The van der Waals surface area contributed by atoms with Crippen molar-refractivity contribution in [3.05, 3.63) is 46.2 Å². The number of carbonyl (C=O) groups is 2. The molecule has 10 heteroatoms. The minimum absolute atomic E-state index is 0.0504. The highest BCUT2D eigenvalue weighted by Gasteiger charge is 2.31. The number of thiophene rings is 1. The lowest BCUT2D eigenvalue weighted by Crippen LogP contribution is -2.38. The summed E-state index contributed by atoms with van der Waals surface area (Å²) < 4.78 is 27.4. The molecule has 2 aromatic rings. The largest absolute Gasteiger partial charge is 0.349 e. The van der Waals surface area contributed by atoms with Crippen LogP contribution in [-0.2, 0) is 10.0 Å². The highest BCUT2D eigenvalue weighted by Crippen LogP contribution is 2.28. The van der Waals surface area contributed by atoms with E-state index in [0.29, 0.717) is 24.3 Å². The summed E-state index contributed by atoms with van der Waals surface area (Å²) in [5.74, 6) is 0.927. The zero-order valence-electron chi connectivity index (χ0n) is 17.0. The van der Waals surface area contributed by atoms with Gasteiger partial charge >= 0.3 is 0 Å². The number of rotatable bonds is 6. The first kappa shape index (κ1) is 22.3. The third-order valence-corrected chi connectivity index (χ3v) is 9.44. The molecule has 1 saturated heterocycles. The van der Waals surface area contributed by atoms with E-state index < -0.39 is 15.9 Å². The molecule has 166 valence electrons. The van der Waals surface area contributed by atoms with Crippen LogP contribution in [0.4, 0.5) is 5.69 Å². The lowest BCUT2D eigenvalue weighted by atomic mass is 10.1. The second kappa shape index (κ2) is 9.72. The minimum atomic E-state index is -3.70. The molecule has 7 nitrogen and oxygen atoms in total. The highest BCUT2D eigenvalue weighted by molar-refractivity contribution is 7.99. The molecule has 1 aromatic heterocycles. The Morgan fingerprint density at radius 3 is 2.32 bits per heavy atom. The van der Waals surface area contributed by atoms with E-state index >= 15 is 0 Å². The molecule has 0 atom stereocenters. The fourth-order valence-electron chi connectivity index (χ4n) is 3.82. The standard InChI is InChI=1S/C21H25N3O4S3/c25-20(22-16-3-1-2-4-16)15-5-7-17(8-6-15)23-21(26)19-18(9-12-30-19)31(27,28)24-10-13-29-14-11-24/h5-9,12,16H,1-4,10-11,13-14H2,(H,22,25)(H,23,26). The lowest BCUT2D eigenvalue weighted by molar-refractivity contribution is 0.0937. The van der Waals surface area contributed by atoms with E-state index in [1.807, 2.05) is 0 Å². The molecule has 4 rings (SSSR count). The third-order valence-electron chi connectivity index (χ3n) is 5.52. The van der Waals surface area contributed by atoms with Gasteiger partial charge in [0, 0.05) is 41.9 Å². The predicted octanol–water partition coefficient (Wildman–Crippen LogP) is 3.41. The molecule has 0 bridgehead atoms. The summed E-state index contributed by atoms with van der Waals surface area (Å²) in [7, 11) is -3.70. The summed E-state index contributed by atoms with van der Waals surface area (Å²) in [5.41, 5.74) is 1.04. The first-order valence-corrected chi connectivity index (χ1v) is 13.8. The maximum Gasteiger partial charge on any atom is 0.267 e. The average Bonchev–Trinajstić information content (AvgIpc) is 3.47. The Kier molecular flexibility index (Phi) is 7.00. The second-order valence-electron chi connectivity index (χ2n) is 7.62. The van der Waals surface area contributed by atoms with Crippen LogP contribution in [0.2, 0.25) is 0 Å². The van der Waals surface area contributed by atoms with Gasteiger partial charge in [0.15, 0.2) is 0 Å². The van der Waals surface area contributed by atoms with Crippen molar-refractivity contribution < 1.29 is 18.0 Å². The Balaban J connectivity index is 1.43. The Morgan fingerprint density at radius 1 is 0.968 bits per heavy atom. The summed E-state index contributed by atoms with van der Waals surface area (Å²) in [4.78, 5) is 25.4.